The summed E-state index contributed by atoms with van der Waals surface area (Å²) >= 11 is 0. The van der Waals surface area contributed by atoms with Gasteiger partial charge in [-0.3, -0.25) is 0 Å². The summed E-state index contributed by atoms with van der Waals surface area (Å²) in [4.78, 5) is 22.0. The molecule has 0 saturated carbocycles. The highest BCUT2D eigenvalue weighted by Gasteiger charge is 2.09. The van der Waals surface area contributed by atoms with E-state index in [4.69, 9.17) is 9.47 Å². The summed E-state index contributed by atoms with van der Waals surface area (Å²) in [6.45, 7) is 8.09. The van der Waals surface area contributed by atoms with Crippen LogP contribution in [0.2, 0.25) is 0 Å². The second-order valence-electron chi connectivity index (χ2n) is 3.79. The van der Waals surface area contributed by atoms with Crippen LogP contribution in [0.25, 0.3) is 0 Å². The van der Waals surface area contributed by atoms with E-state index in [-0.39, 0.29) is 17.1 Å². The molecule has 0 heterocycles. The third-order valence-electron chi connectivity index (χ3n) is 2.06. The van der Waals surface area contributed by atoms with Crippen LogP contribution in [-0.2, 0) is 14.3 Å². The van der Waals surface area contributed by atoms with Gasteiger partial charge in [0.2, 0.25) is 0 Å². The molecule has 1 aromatic rings. The molecule has 0 N–H and O–H groups in total. The minimum Gasteiger partial charge on any atom is -0.459 e. The lowest BCUT2D eigenvalue weighted by Gasteiger charge is -2.06. The van der Waals surface area contributed by atoms with E-state index in [0.29, 0.717) is 0 Å². The topological polar surface area (TPSA) is 61.8 Å². The predicted octanol–water partition coefficient (Wildman–Crippen LogP) is 2.89. The number of benzene rings is 1. The third kappa shape index (κ3) is 5.32. The van der Waals surface area contributed by atoms with Crippen molar-refractivity contribution in [2.24, 2.45) is 0 Å². The van der Waals surface area contributed by atoms with E-state index >= 15 is 0 Å². The SMILES string of the molecule is C=CC(=O)OC=COc1ccc(OC(=O)C(=C)C)cc1F. The first kappa shape index (κ1) is 16.2. The summed E-state index contributed by atoms with van der Waals surface area (Å²) in [5, 5.41) is 0. The van der Waals surface area contributed by atoms with Gasteiger partial charge in [0, 0.05) is 17.7 Å². The van der Waals surface area contributed by atoms with Crippen molar-refractivity contribution in [2.75, 3.05) is 0 Å². The largest absolute Gasteiger partial charge is 0.459 e. The summed E-state index contributed by atoms with van der Waals surface area (Å²) in [5.41, 5.74) is 0.197. The van der Waals surface area contributed by atoms with Crippen molar-refractivity contribution in [3.8, 4) is 11.5 Å². The van der Waals surface area contributed by atoms with E-state index in [0.717, 1.165) is 24.7 Å². The molecule has 5 nitrogen and oxygen atoms in total. The fourth-order valence-electron chi connectivity index (χ4n) is 1.08. The van der Waals surface area contributed by atoms with E-state index in [2.05, 4.69) is 17.9 Å². The van der Waals surface area contributed by atoms with Crippen LogP contribution in [0.4, 0.5) is 4.39 Å². The monoisotopic (exact) mass is 292 g/mol. The first-order valence-electron chi connectivity index (χ1n) is 5.76. The Morgan fingerprint density at radius 2 is 2.00 bits per heavy atom. The number of rotatable bonds is 6. The summed E-state index contributed by atoms with van der Waals surface area (Å²) in [7, 11) is 0. The number of carbonyl (C=O) groups is 2. The molecule has 0 aliphatic rings. The van der Waals surface area contributed by atoms with Crippen molar-refractivity contribution in [2.45, 2.75) is 6.92 Å². The zero-order valence-corrected chi connectivity index (χ0v) is 11.3. The van der Waals surface area contributed by atoms with Gasteiger partial charge in [0.15, 0.2) is 11.6 Å². The molecule has 1 rings (SSSR count). The molecule has 110 valence electrons. The van der Waals surface area contributed by atoms with E-state index in [1.807, 2.05) is 0 Å². The number of hydrogen-bond acceptors (Lipinski definition) is 5. The van der Waals surface area contributed by atoms with Gasteiger partial charge in [-0.15, -0.1) is 0 Å². The van der Waals surface area contributed by atoms with Crippen molar-refractivity contribution >= 4 is 11.9 Å². The van der Waals surface area contributed by atoms with Crippen LogP contribution >= 0.6 is 0 Å². The number of ether oxygens (including phenoxy) is 3. The number of hydrogen-bond donors (Lipinski definition) is 0. The Bertz CT molecular complexity index is 604. The van der Waals surface area contributed by atoms with Gasteiger partial charge in [-0.05, 0) is 19.1 Å². The molecule has 0 aliphatic heterocycles. The summed E-state index contributed by atoms with van der Waals surface area (Å²) < 4.78 is 27.9. The van der Waals surface area contributed by atoms with E-state index in [9.17, 15) is 14.0 Å². The minimum atomic E-state index is -0.748. The second kappa shape index (κ2) is 7.64. The standard InChI is InChI=1S/C15H13FO5/c1-4-14(17)20-8-7-19-13-6-5-11(9-12(13)16)21-15(18)10(2)3/h4-9H,1-2H2,3H3. The maximum Gasteiger partial charge on any atom is 0.338 e. The van der Waals surface area contributed by atoms with Gasteiger partial charge in [0.25, 0.3) is 0 Å². The highest BCUT2D eigenvalue weighted by molar-refractivity contribution is 5.88. The van der Waals surface area contributed by atoms with Crippen LogP contribution < -0.4 is 9.47 Å². The minimum absolute atomic E-state index is 0.0231. The summed E-state index contributed by atoms with van der Waals surface area (Å²) in [6.07, 6.45) is 2.90. The molecule has 0 fully saturated rings. The lowest BCUT2D eigenvalue weighted by molar-refractivity contribution is -0.132. The van der Waals surface area contributed by atoms with Crippen molar-refractivity contribution < 1.29 is 28.2 Å². The van der Waals surface area contributed by atoms with Crippen molar-refractivity contribution in [3.05, 3.63) is 61.3 Å². The Kier molecular flexibility index (Phi) is 5.88. The Labute approximate surface area is 120 Å². The second-order valence-corrected chi connectivity index (χ2v) is 3.79. The fourth-order valence-corrected chi connectivity index (χ4v) is 1.08. The van der Waals surface area contributed by atoms with Crippen LogP contribution in [0.1, 0.15) is 6.92 Å². The predicted molar refractivity (Wildman–Crippen MR) is 72.9 cm³/mol. The number of esters is 2. The molecule has 0 spiro atoms. The molecule has 21 heavy (non-hydrogen) atoms. The molecular formula is C15H13FO5. The van der Waals surface area contributed by atoms with E-state index in [1.165, 1.54) is 19.1 Å². The molecule has 0 saturated heterocycles. The molecule has 6 heteroatoms. The van der Waals surface area contributed by atoms with Crippen LogP contribution in [0.3, 0.4) is 0 Å². The molecule has 1 aromatic carbocycles. The van der Waals surface area contributed by atoms with Gasteiger partial charge in [-0.2, -0.15) is 0 Å². The van der Waals surface area contributed by atoms with Gasteiger partial charge in [0.05, 0.1) is 0 Å². The summed E-state index contributed by atoms with van der Waals surface area (Å²) in [5.74, 6) is -2.18. The molecule has 0 amide bonds. The smallest absolute Gasteiger partial charge is 0.338 e. The highest BCUT2D eigenvalue weighted by Crippen LogP contribution is 2.23. The molecular weight excluding hydrogens is 279 g/mol. The molecule has 0 aromatic heterocycles. The summed E-state index contributed by atoms with van der Waals surface area (Å²) in [6, 6.07) is 3.60. The Morgan fingerprint density at radius 3 is 2.57 bits per heavy atom. The van der Waals surface area contributed by atoms with Crippen molar-refractivity contribution in [1.29, 1.82) is 0 Å². The van der Waals surface area contributed by atoms with Gasteiger partial charge in [0.1, 0.15) is 18.3 Å². The first-order chi connectivity index (χ1) is 9.93. The lowest BCUT2D eigenvalue weighted by Crippen LogP contribution is -2.08. The highest BCUT2D eigenvalue weighted by atomic mass is 19.1. The van der Waals surface area contributed by atoms with Gasteiger partial charge in [-0.1, -0.05) is 13.2 Å². The molecule has 0 aliphatic carbocycles. The zero-order valence-electron chi connectivity index (χ0n) is 11.3. The third-order valence-corrected chi connectivity index (χ3v) is 2.06. The Balaban J connectivity index is 2.66. The molecule has 0 radical (unpaired) electrons. The fraction of sp³-hybridized carbons (Fsp3) is 0.0667. The maximum atomic E-state index is 13.7. The molecule has 0 unspecified atom stereocenters. The Hall–Kier alpha value is -2.89. The average Bonchev–Trinajstić information content (AvgIpc) is 2.44. The Morgan fingerprint density at radius 1 is 1.29 bits per heavy atom. The van der Waals surface area contributed by atoms with Crippen LogP contribution in [0, 0.1) is 5.82 Å². The van der Waals surface area contributed by atoms with E-state index < -0.39 is 17.8 Å². The maximum absolute atomic E-state index is 13.7. The van der Waals surface area contributed by atoms with Crippen molar-refractivity contribution in [1.82, 2.24) is 0 Å². The van der Waals surface area contributed by atoms with Gasteiger partial charge >= 0.3 is 11.9 Å². The lowest BCUT2D eigenvalue weighted by atomic mass is 10.3. The quantitative estimate of drug-likeness (QED) is 0.349. The number of halogens is 1. The van der Waals surface area contributed by atoms with Crippen molar-refractivity contribution in [3.63, 3.8) is 0 Å². The molecule has 0 atom stereocenters. The zero-order chi connectivity index (χ0) is 15.8. The van der Waals surface area contributed by atoms with Crippen LogP contribution in [-0.4, -0.2) is 11.9 Å². The number of carbonyl (C=O) groups excluding carboxylic acids is 2. The van der Waals surface area contributed by atoms with E-state index in [1.54, 1.807) is 0 Å². The molecule has 0 bridgehead atoms. The van der Waals surface area contributed by atoms with Crippen LogP contribution in [0.5, 0.6) is 11.5 Å². The van der Waals surface area contributed by atoms with Gasteiger partial charge in [-0.25, -0.2) is 14.0 Å². The van der Waals surface area contributed by atoms with Crippen LogP contribution in [0.15, 0.2) is 55.5 Å². The first-order valence-corrected chi connectivity index (χ1v) is 5.76. The van der Waals surface area contributed by atoms with Gasteiger partial charge < -0.3 is 14.2 Å². The normalized spacial score (nSPS) is 10.0. The average molecular weight is 292 g/mol.